The minimum atomic E-state index is -4.30. The van der Waals surface area contributed by atoms with Gasteiger partial charge in [0.1, 0.15) is 0 Å². The predicted octanol–water partition coefficient (Wildman–Crippen LogP) is 3.63. The topological polar surface area (TPSA) is 35.6 Å². The maximum Gasteiger partial charge on any atom is 0.416 e. The largest absolute Gasteiger partial charge is 0.416 e. The molecule has 8 heteroatoms. The van der Waals surface area contributed by atoms with Crippen LogP contribution in [0.1, 0.15) is 22.4 Å². The number of amides is 1. The highest BCUT2D eigenvalue weighted by Crippen LogP contribution is 2.29. The first-order valence-corrected chi connectivity index (χ1v) is 10.7. The van der Waals surface area contributed by atoms with E-state index in [9.17, 15) is 18.0 Å². The van der Waals surface area contributed by atoms with E-state index in [-0.39, 0.29) is 5.91 Å². The van der Waals surface area contributed by atoms with Crippen LogP contribution in [0.2, 0.25) is 0 Å². The van der Waals surface area contributed by atoms with E-state index in [0.717, 1.165) is 56.7 Å². The van der Waals surface area contributed by atoms with Crippen molar-refractivity contribution in [2.75, 3.05) is 39.3 Å². The van der Waals surface area contributed by atoms with Crippen molar-refractivity contribution in [2.45, 2.75) is 25.6 Å². The summed E-state index contributed by atoms with van der Waals surface area (Å²) < 4.78 is 38.0. The summed E-state index contributed by atoms with van der Waals surface area (Å²) in [4.78, 5) is 17.8. The van der Waals surface area contributed by atoms with Crippen molar-refractivity contribution in [1.82, 2.24) is 15.1 Å². The van der Waals surface area contributed by atoms with Crippen LogP contribution in [0.15, 0.2) is 41.8 Å². The first kappa shape index (κ1) is 21.8. The fraction of sp³-hybridized carbons (Fsp3) is 0.476. The molecule has 0 spiro atoms. The van der Waals surface area contributed by atoms with E-state index in [0.29, 0.717) is 19.6 Å². The molecule has 1 N–H and O–H groups in total. The Kier molecular flexibility index (Phi) is 7.69. The number of nitrogens with zero attached hydrogens (tertiary/aromatic N) is 2. The van der Waals surface area contributed by atoms with Crippen LogP contribution in [-0.2, 0) is 23.9 Å². The summed E-state index contributed by atoms with van der Waals surface area (Å²) in [6, 6.07) is 9.45. The Hall–Kier alpha value is -1.90. The molecule has 2 aromatic rings. The molecule has 0 aliphatic carbocycles. The van der Waals surface area contributed by atoms with Gasteiger partial charge in [-0.3, -0.25) is 14.6 Å². The number of alkyl halides is 3. The van der Waals surface area contributed by atoms with Crippen molar-refractivity contribution in [3.63, 3.8) is 0 Å². The van der Waals surface area contributed by atoms with Crippen LogP contribution >= 0.6 is 11.3 Å². The fourth-order valence-corrected chi connectivity index (χ4v) is 4.15. The summed E-state index contributed by atoms with van der Waals surface area (Å²) in [5.74, 6) is 0.0396. The minimum absolute atomic E-state index is 0.0396. The van der Waals surface area contributed by atoms with Gasteiger partial charge in [-0.15, -0.1) is 11.3 Å². The lowest BCUT2D eigenvalue weighted by Gasteiger charge is -2.21. The van der Waals surface area contributed by atoms with E-state index in [1.54, 1.807) is 23.5 Å². The molecule has 1 aliphatic rings. The first-order valence-electron chi connectivity index (χ1n) is 9.80. The van der Waals surface area contributed by atoms with Crippen LogP contribution in [0, 0.1) is 0 Å². The van der Waals surface area contributed by atoms with Gasteiger partial charge in [-0.05, 0) is 55.1 Å². The van der Waals surface area contributed by atoms with Crippen LogP contribution in [-0.4, -0.2) is 55.0 Å². The molecule has 1 aromatic heterocycles. The smallest absolute Gasteiger partial charge is 0.355 e. The maximum absolute atomic E-state index is 12.7. The number of carbonyl (C=O) groups is 1. The molecule has 3 rings (SSSR count). The SMILES string of the molecule is O=C(CN1CCCN(Cc2ccc(C(F)(F)F)cc2)CC1)NCCc1cccs1. The number of hydrogen-bond acceptors (Lipinski definition) is 4. The molecule has 4 nitrogen and oxygen atoms in total. The Labute approximate surface area is 173 Å². The zero-order valence-electron chi connectivity index (χ0n) is 16.3. The molecule has 2 heterocycles. The van der Waals surface area contributed by atoms with Crippen molar-refractivity contribution in [1.29, 1.82) is 0 Å². The van der Waals surface area contributed by atoms with Gasteiger partial charge in [-0.2, -0.15) is 13.2 Å². The highest BCUT2D eigenvalue weighted by Gasteiger charge is 2.30. The fourth-order valence-electron chi connectivity index (χ4n) is 3.44. The summed E-state index contributed by atoms with van der Waals surface area (Å²) in [5.41, 5.74) is 0.256. The molecule has 158 valence electrons. The maximum atomic E-state index is 12.7. The second-order valence-electron chi connectivity index (χ2n) is 7.28. The molecule has 0 bridgehead atoms. The normalized spacial score (nSPS) is 16.5. The third-order valence-electron chi connectivity index (χ3n) is 5.01. The molecule has 29 heavy (non-hydrogen) atoms. The predicted molar refractivity (Wildman–Crippen MR) is 109 cm³/mol. The van der Waals surface area contributed by atoms with Gasteiger partial charge in [-0.1, -0.05) is 18.2 Å². The lowest BCUT2D eigenvalue weighted by molar-refractivity contribution is -0.137. The van der Waals surface area contributed by atoms with Gasteiger partial charge in [0.2, 0.25) is 5.91 Å². The van der Waals surface area contributed by atoms with Gasteiger partial charge in [0.25, 0.3) is 0 Å². The number of halogens is 3. The minimum Gasteiger partial charge on any atom is -0.355 e. The van der Waals surface area contributed by atoms with Crippen molar-refractivity contribution in [3.8, 4) is 0 Å². The van der Waals surface area contributed by atoms with Gasteiger partial charge in [0.05, 0.1) is 12.1 Å². The summed E-state index contributed by atoms with van der Waals surface area (Å²) in [6.45, 7) is 4.95. The average molecular weight is 426 g/mol. The number of hydrogen-bond donors (Lipinski definition) is 1. The van der Waals surface area contributed by atoms with E-state index >= 15 is 0 Å². The van der Waals surface area contributed by atoms with Gasteiger partial charge >= 0.3 is 6.18 Å². The van der Waals surface area contributed by atoms with E-state index in [4.69, 9.17) is 0 Å². The van der Waals surface area contributed by atoms with Crippen molar-refractivity contribution in [2.24, 2.45) is 0 Å². The zero-order chi connectivity index (χ0) is 20.7. The second-order valence-corrected chi connectivity index (χ2v) is 8.31. The molecular weight excluding hydrogens is 399 g/mol. The molecule has 0 radical (unpaired) electrons. The van der Waals surface area contributed by atoms with Crippen LogP contribution in [0.4, 0.5) is 13.2 Å². The van der Waals surface area contributed by atoms with Crippen molar-refractivity contribution >= 4 is 17.2 Å². The lowest BCUT2D eigenvalue weighted by atomic mass is 10.1. The monoisotopic (exact) mass is 425 g/mol. The summed E-state index contributed by atoms with van der Waals surface area (Å²) in [5, 5.41) is 5.01. The van der Waals surface area contributed by atoms with Crippen LogP contribution in [0.3, 0.4) is 0 Å². The molecular formula is C21H26F3N3OS. The summed E-state index contributed by atoms with van der Waals surface area (Å²) in [7, 11) is 0. The third-order valence-corrected chi connectivity index (χ3v) is 5.95. The Balaban J connectivity index is 1.39. The summed E-state index contributed by atoms with van der Waals surface area (Å²) >= 11 is 1.69. The molecule has 0 saturated carbocycles. The summed E-state index contributed by atoms with van der Waals surface area (Å²) in [6.07, 6.45) is -2.51. The van der Waals surface area contributed by atoms with E-state index in [2.05, 4.69) is 21.2 Å². The Morgan fingerprint density at radius 2 is 1.76 bits per heavy atom. The van der Waals surface area contributed by atoms with Crippen molar-refractivity contribution in [3.05, 3.63) is 57.8 Å². The van der Waals surface area contributed by atoms with Crippen LogP contribution < -0.4 is 5.32 Å². The number of rotatable bonds is 7. The molecule has 1 amide bonds. The van der Waals surface area contributed by atoms with E-state index in [1.807, 2.05) is 11.4 Å². The highest BCUT2D eigenvalue weighted by molar-refractivity contribution is 7.09. The number of benzene rings is 1. The zero-order valence-corrected chi connectivity index (χ0v) is 17.1. The van der Waals surface area contributed by atoms with Gasteiger partial charge in [0.15, 0.2) is 0 Å². The molecule has 1 fully saturated rings. The van der Waals surface area contributed by atoms with Gasteiger partial charge < -0.3 is 5.32 Å². The van der Waals surface area contributed by atoms with Gasteiger partial charge in [0, 0.05) is 31.1 Å². The third kappa shape index (κ3) is 7.13. The standard InChI is InChI=1S/C21H26F3N3OS/c22-21(23,24)18-6-4-17(5-7-18)15-26-10-2-11-27(13-12-26)16-20(28)25-9-8-19-3-1-14-29-19/h1,3-7,14H,2,8-13,15-16H2,(H,25,28). The van der Waals surface area contributed by atoms with E-state index < -0.39 is 11.7 Å². The Bertz CT molecular complexity index is 762. The second kappa shape index (κ2) is 10.2. The van der Waals surface area contributed by atoms with Crippen LogP contribution in [0.5, 0.6) is 0 Å². The average Bonchev–Trinajstić information content (AvgIpc) is 3.09. The Morgan fingerprint density at radius 1 is 1.03 bits per heavy atom. The molecule has 0 atom stereocenters. The Morgan fingerprint density at radius 3 is 2.45 bits per heavy atom. The molecule has 0 unspecified atom stereocenters. The number of nitrogens with one attached hydrogen (secondary N) is 1. The quantitative estimate of drug-likeness (QED) is 0.736. The van der Waals surface area contributed by atoms with Crippen molar-refractivity contribution < 1.29 is 18.0 Å². The van der Waals surface area contributed by atoms with Crippen LogP contribution in [0.25, 0.3) is 0 Å². The molecule has 1 aliphatic heterocycles. The highest BCUT2D eigenvalue weighted by atomic mass is 32.1. The van der Waals surface area contributed by atoms with E-state index in [1.165, 1.54) is 4.88 Å². The number of thiophene rings is 1. The molecule has 1 saturated heterocycles. The van der Waals surface area contributed by atoms with Gasteiger partial charge in [-0.25, -0.2) is 0 Å². The lowest BCUT2D eigenvalue weighted by Crippen LogP contribution is -2.39. The first-order chi connectivity index (χ1) is 13.9. The number of carbonyl (C=O) groups excluding carboxylic acids is 1. The molecule has 1 aromatic carbocycles.